The molecule has 1 heterocycles. The van der Waals surface area contributed by atoms with E-state index in [0.29, 0.717) is 5.92 Å². The van der Waals surface area contributed by atoms with Crippen molar-refractivity contribution in [3.8, 4) is 0 Å². The summed E-state index contributed by atoms with van der Waals surface area (Å²) in [5.41, 5.74) is 0. The maximum absolute atomic E-state index is 10.8. The van der Waals surface area contributed by atoms with Crippen LogP contribution in [0.5, 0.6) is 0 Å². The Morgan fingerprint density at radius 3 is 2.80 bits per heavy atom. The normalized spacial score (nSPS) is 23.9. The Morgan fingerprint density at radius 1 is 1.70 bits per heavy atom. The van der Waals surface area contributed by atoms with Crippen LogP contribution in [0.25, 0.3) is 0 Å². The Balaban J connectivity index is 2.41. The molecule has 56 valence electrons. The van der Waals surface area contributed by atoms with Crippen LogP contribution < -0.4 is 0 Å². The van der Waals surface area contributed by atoms with E-state index >= 15 is 0 Å². The number of hydrogen-bond acceptors (Lipinski definition) is 2. The molecule has 0 aromatic rings. The van der Waals surface area contributed by atoms with Gasteiger partial charge >= 0.3 is 5.97 Å². The second kappa shape index (κ2) is 2.86. The van der Waals surface area contributed by atoms with Crippen molar-refractivity contribution in [2.45, 2.75) is 20.3 Å². The van der Waals surface area contributed by atoms with Crippen LogP contribution in [0.15, 0.2) is 12.3 Å². The standard InChI is InChI=1S/C8H12O2/c1-6(2)5-7-3-4-10-8(7)9/h3-4,6-7H,5H2,1-2H3. The molecule has 0 fully saturated rings. The number of esters is 1. The van der Waals surface area contributed by atoms with E-state index in [2.05, 4.69) is 18.6 Å². The first-order valence-electron chi connectivity index (χ1n) is 3.57. The molecule has 1 unspecified atom stereocenters. The zero-order valence-electron chi connectivity index (χ0n) is 6.33. The molecule has 0 saturated carbocycles. The van der Waals surface area contributed by atoms with Crippen molar-refractivity contribution >= 4 is 5.97 Å². The lowest BCUT2D eigenvalue weighted by Crippen LogP contribution is -2.10. The molecule has 0 spiro atoms. The predicted octanol–water partition coefficient (Wildman–Crippen LogP) is 1.72. The highest BCUT2D eigenvalue weighted by molar-refractivity contribution is 5.77. The molecule has 1 aliphatic rings. The second-order valence-electron chi connectivity index (χ2n) is 3.00. The molecule has 0 aromatic carbocycles. The maximum Gasteiger partial charge on any atom is 0.317 e. The Bertz CT molecular complexity index is 159. The minimum Gasteiger partial charge on any atom is -0.434 e. The molecule has 2 nitrogen and oxygen atoms in total. The second-order valence-corrected chi connectivity index (χ2v) is 3.00. The summed E-state index contributed by atoms with van der Waals surface area (Å²) in [7, 11) is 0. The van der Waals surface area contributed by atoms with Crippen molar-refractivity contribution in [3.05, 3.63) is 12.3 Å². The van der Waals surface area contributed by atoms with Gasteiger partial charge in [0, 0.05) is 0 Å². The van der Waals surface area contributed by atoms with Gasteiger partial charge in [-0.2, -0.15) is 0 Å². The van der Waals surface area contributed by atoms with Crippen molar-refractivity contribution in [1.82, 2.24) is 0 Å². The summed E-state index contributed by atoms with van der Waals surface area (Å²) in [6.07, 6.45) is 4.20. The van der Waals surface area contributed by atoms with Crippen LogP contribution in [-0.4, -0.2) is 5.97 Å². The van der Waals surface area contributed by atoms with Gasteiger partial charge in [0.05, 0.1) is 12.2 Å². The number of hydrogen-bond donors (Lipinski definition) is 0. The minimum atomic E-state index is -0.103. The fourth-order valence-corrected chi connectivity index (χ4v) is 1.05. The van der Waals surface area contributed by atoms with E-state index < -0.39 is 0 Å². The molecule has 0 amide bonds. The summed E-state index contributed by atoms with van der Waals surface area (Å²) < 4.78 is 4.65. The highest BCUT2D eigenvalue weighted by atomic mass is 16.5. The van der Waals surface area contributed by atoms with Gasteiger partial charge in [-0.25, -0.2) is 0 Å². The molecule has 0 bridgehead atoms. The minimum absolute atomic E-state index is 0.0139. The molecule has 1 rings (SSSR count). The first-order valence-corrected chi connectivity index (χ1v) is 3.57. The smallest absolute Gasteiger partial charge is 0.317 e. The number of carbonyl (C=O) groups excluding carboxylic acids is 1. The molecule has 2 heteroatoms. The summed E-state index contributed by atoms with van der Waals surface area (Å²) >= 11 is 0. The van der Waals surface area contributed by atoms with E-state index in [9.17, 15) is 4.79 Å². The topological polar surface area (TPSA) is 26.3 Å². The SMILES string of the molecule is CC(C)CC1C=COC1=O. The van der Waals surface area contributed by atoms with Crippen LogP contribution >= 0.6 is 0 Å². The molecule has 0 N–H and O–H groups in total. The van der Waals surface area contributed by atoms with Crippen LogP contribution in [-0.2, 0) is 9.53 Å². The lowest BCUT2D eigenvalue weighted by Gasteiger charge is -2.06. The van der Waals surface area contributed by atoms with Gasteiger partial charge in [-0.05, 0) is 18.4 Å². The zero-order valence-corrected chi connectivity index (χ0v) is 6.33. The van der Waals surface area contributed by atoms with Gasteiger partial charge in [0.25, 0.3) is 0 Å². The van der Waals surface area contributed by atoms with Gasteiger partial charge in [-0.3, -0.25) is 4.79 Å². The van der Waals surface area contributed by atoms with Crippen LogP contribution in [0.4, 0.5) is 0 Å². The lowest BCUT2D eigenvalue weighted by atomic mass is 9.98. The van der Waals surface area contributed by atoms with Crippen molar-refractivity contribution in [3.63, 3.8) is 0 Å². The number of rotatable bonds is 2. The highest BCUT2D eigenvalue weighted by Crippen LogP contribution is 2.18. The summed E-state index contributed by atoms with van der Waals surface area (Å²) in [5.74, 6) is 0.467. The fourth-order valence-electron chi connectivity index (χ4n) is 1.05. The van der Waals surface area contributed by atoms with Crippen LogP contribution in [0.1, 0.15) is 20.3 Å². The van der Waals surface area contributed by atoms with E-state index in [1.54, 1.807) is 0 Å². The monoisotopic (exact) mass is 140 g/mol. The number of cyclic esters (lactones) is 1. The van der Waals surface area contributed by atoms with Crippen LogP contribution in [0.3, 0.4) is 0 Å². The van der Waals surface area contributed by atoms with E-state index in [0.717, 1.165) is 6.42 Å². The zero-order chi connectivity index (χ0) is 7.56. The van der Waals surface area contributed by atoms with E-state index in [1.807, 2.05) is 6.08 Å². The maximum atomic E-state index is 10.8. The third-order valence-corrected chi connectivity index (χ3v) is 1.52. The first-order chi connectivity index (χ1) is 4.70. The summed E-state index contributed by atoms with van der Waals surface area (Å²) in [5, 5.41) is 0. The van der Waals surface area contributed by atoms with E-state index in [4.69, 9.17) is 0 Å². The van der Waals surface area contributed by atoms with Gasteiger partial charge in [0.15, 0.2) is 0 Å². The Morgan fingerprint density at radius 2 is 2.40 bits per heavy atom. The van der Waals surface area contributed by atoms with Gasteiger partial charge in [0.2, 0.25) is 0 Å². The third kappa shape index (κ3) is 1.59. The van der Waals surface area contributed by atoms with E-state index in [-0.39, 0.29) is 11.9 Å². The van der Waals surface area contributed by atoms with E-state index in [1.165, 1.54) is 6.26 Å². The lowest BCUT2D eigenvalue weighted by molar-refractivity contribution is -0.139. The van der Waals surface area contributed by atoms with Gasteiger partial charge in [-0.15, -0.1) is 0 Å². The molecule has 1 atom stereocenters. The third-order valence-electron chi connectivity index (χ3n) is 1.52. The van der Waals surface area contributed by atoms with Gasteiger partial charge < -0.3 is 4.74 Å². The summed E-state index contributed by atoms with van der Waals surface area (Å²) in [6.45, 7) is 4.19. The number of carbonyl (C=O) groups is 1. The Kier molecular flexibility index (Phi) is 2.10. The fraction of sp³-hybridized carbons (Fsp3) is 0.625. The quantitative estimate of drug-likeness (QED) is 0.546. The Labute approximate surface area is 60.9 Å². The molecule has 10 heavy (non-hydrogen) atoms. The summed E-state index contributed by atoms with van der Waals surface area (Å²) in [6, 6.07) is 0. The van der Waals surface area contributed by atoms with Gasteiger partial charge in [-0.1, -0.05) is 13.8 Å². The average Bonchev–Trinajstić information content (AvgIpc) is 2.15. The van der Waals surface area contributed by atoms with Crippen molar-refractivity contribution < 1.29 is 9.53 Å². The number of ether oxygens (including phenoxy) is 1. The molecule has 0 aromatic heterocycles. The molecular formula is C8H12O2. The molecule has 0 radical (unpaired) electrons. The predicted molar refractivity (Wildman–Crippen MR) is 38.2 cm³/mol. The largest absolute Gasteiger partial charge is 0.434 e. The Hall–Kier alpha value is -0.790. The van der Waals surface area contributed by atoms with Crippen LogP contribution in [0.2, 0.25) is 0 Å². The van der Waals surface area contributed by atoms with Crippen molar-refractivity contribution in [2.24, 2.45) is 11.8 Å². The molecular weight excluding hydrogens is 128 g/mol. The first kappa shape index (κ1) is 7.32. The van der Waals surface area contributed by atoms with Gasteiger partial charge in [0.1, 0.15) is 0 Å². The highest BCUT2D eigenvalue weighted by Gasteiger charge is 2.21. The van der Waals surface area contributed by atoms with Crippen molar-refractivity contribution in [1.29, 1.82) is 0 Å². The van der Waals surface area contributed by atoms with Crippen LogP contribution in [0, 0.1) is 11.8 Å². The van der Waals surface area contributed by atoms with Crippen molar-refractivity contribution in [2.75, 3.05) is 0 Å². The molecule has 1 aliphatic heterocycles. The summed E-state index contributed by atoms with van der Waals surface area (Å²) in [4.78, 5) is 10.8. The average molecular weight is 140 g/mol. The molecule has 0 aliphatic carbocycles. The molecule has 0 saturated heterocycles.